The van der Waals surface area contributed by atoms with Crippen LogP contribution in [0.5, 0.6) is 0 Å². The third kappa shape index (κ3) is 2.44. The van der Waals surface area contributed by atoms with E-state index in [0.29, 0.717) is 5.46 Å². The van der Waals surface area contributed by atoms with E-state index >= 15 is 0 Å². The van der Waals surface area contributed by atoms with Crippen LogP contribution in [0.15, 0.2) is 24.3 Å². The zero-order chi connectivity index (χ0) is 8.97. The first kappa shape index (κ1) is 9.44. The minimum Gasteiger partial charge on any atom is -0.423 e. The Morgan fingerprint density at radius 1 is 1.25 bits per heavy atom. The molecule has 1 rings (SSSR count). The summed E-state index contributed by atoms with van der Waals surface area (Å²) < 4.78 is 3.03. The summed E-state index contributed by atoms with van der Waals surface area (Å²) in [5, 5.41) is 17.5. The van der Waals surface area contributed by atoms with Crippen LogP contribution in [0.3, 0.4) is 0 Å². The maximum atomic E-state index is 8.77. The second kappa shape index (κ2) is 4.40. The first-order chi connectivity index (χ1) is 5.74. The summed E-state index contributed by atoms with van der Waals surface area (Å²) in [5.41, 5.74) is 1.45. The molecule has 0 saturated carbocycles. The molecule has 0 atom stereocenters. The van der Waals surface area contributed by atoms with Crippen molar-refractivity contribution < 1.29 is 10.0 Å². The molecule has 0 aliphatic heterocycles. The van der Waals surface area contributed by atoms with Crippen LogP contribution in [0, 0.1) is 0 Å². The van der Waals surface area contributed by atoms with E-state index in [-0.39, 0.29) is 0 Å². The minimum atomic E-state index is -1.38. The third-order valence-corrected chi connectivity index (χ3v) is 1.87. The number of nitrogens with one attached hydrogen (secondary N) is 1. The Labute approximate surface area is 76.1 Å². The van der Waals surface area contributed by atoms with Gasteiger partial charge in [-0.15, -0.1) is 0 Å². The van der Waals surface area contributed by atoms with Crippen molar-refractivity contribution in [2.24, 2.45) is 0 Å². The largest absolute Gasteiger partial charge is 0.488 e. The van der Waals surface area contributed by atoms with Gasteiger partial charge in [-0.1, -0.05) is 24.1 Å². The lowest BCUT2D eigenvalue weighted by Crippen LogP contribution is -2.29. The standard InChI is InChI=1S/C7H10BNO2S/c1-12-9-7-4-2-6(3-5-7)8(10)11/h2-5,9-11H,1H3. The van der Waals surface area contributed by atoms with Gasteiger partial charge in [-0.2, -0.15) is 0 Å². The van der Waals surface area contributed by atoms with Crippen LogP contribution in [0.25, 0.3) is 0 Å². The highest BCUT2D eigenvalue weighted by molar-refractivity contribution is 7.99. The van der Waals surface area contributed by atoms with Crippen molar-refractivity contribution in [1.29, 1.82) is 0 Å². The average Bonchev–Trinajstić information content (AvgIpc) is 2.06. The van der Waals surface area contributed by atoms with Gasteiger partial charge in [0.15, 0.2) is 0 Å². The molecule has 12 heavy (non-hydrogen) atoms. The van der Waals surface area contributed by atoms with Crippen molar-refractivity contribution in [1.82, 2.24) is 0 Å². The predicted molar refractivity (Wildman–Crippen MR) is 53.4 cm³/mol. The topological polar surface area (TPSA) is 52.5 Å². The minimum absolute atomic E-state index is 0.502. The van der Waals surface area contributed by atoms with Gasteiger partial charge in [0.1, 0.15) is 0 Å². The van der Waals surface area contributed by atoms with Crippen LogP contribution in [-0.4, -0.2) is 23.4 Å². The molecule has 0 saturated heterocycles. The number of anilines is 1. The number of benzene rings is 1. The fourth-order valence-corrected chi connectivity index (χ4v) is 1.21. The van der Waals surface area contributed by atoms with Crippen molar-refractivity contribution in [3.8, 4) is 0 Å². The average molecular weight is 183 g/mol. The summed E-state index contributed by atoms with van der Waals surface area (Å²) >= 11 is 1.49. The highest BCUT2D eigenvalue weighted by Gasteiger charge is 2.09. The molecule has 0 bridgehead atoms. The summed E-state index contributed by atoms with van der Waals surface area (Å²) in [6, 6.07) is 6.93. The van der Waals surface area contributed by atoms with Crippen molar-refractivity contribution >= 4 is 30.2 Å². The molecule has 3 N–H and O–H groups in total. The molecule has 0 radical (unpaired) electrons. The molecule has 0 aromatic heterocycles. The Bertz CT molecular complexity index is 240. The molecule has 1 aromatic carbocycles. The second-order valence-corrected chi connectivity index (χ2v) is 2.91. The molecular weight excluding hydrogens is 173 g/mol. The summed E-state index contributed by atoms with van der Waals surface area (Å²) in [4.78, 5) is 0. The molecule has 64 valence electrons. The molecule has 0 spiro atoms. The van der Waals surface area contributed by atoms with E-state index in [1.165, 1.54) is 11.9 Å². The normalized spacial score (nSPS) is 9.58. The zero-order valence-corrected chi connectivity index (χ0v) is 7.51. The third-order valence-electron chi connectivity index (χ3n) is 1.43. The monoisotopic (exact) mass is 183 g/mol. The van der Waals surface area contributed by atoms with Crippen LogP contribution >= 0.6 is 11.9 Å². The van der Waals surface area contributed by atoms with Crippen LogP contribution in [0.2, 0.25) is 0 Å². The molecule has 0 fully saturated rings. The Hall–Kier alpha value is -0.645. The van der Waals surface area contributed by atoms with Gasteiger partial charge < -0.3 is 14.8 Å². The van der Waals surface area contributed by atoms with Crippen molar-refractivity contribution in [3.05, 3.63) is 24.3 Å². The SMILES string of the molecule is CSNc1ccc(B(O)O)cc1. The van der Waals surface area contributed by atoms with Gasteiger partial charge in [0, 0.05) is 11.9 Å². The van der Waals surface area contributed by atoms with E-state index in [1.807, 2.05) is 6.26 Å². The van der Waals surface area contributed by atoms with Crippen LogP contribution in [0.1, 0.15) is 0 Å². The molecule has 0 aliphatic rings. The fraction of sp³-hybridized carbons (Fsp3) is 0.143. The molecule has 0 aliphatic carbocycles. The number of hydrogen-bond acceptors (Lipinski definition) is 4. The maximum Gasteiger partial charge on any atom is 0.488 e. The highest BCUT2D eigenvalue weighted by Crippen LogP contribution is 2.08. The molecule has 3 nitrogen and oxygen atoms in total. The Balaban J connectivity index is 2.71. The van der Waals surface area contributed by atoms with Gasteiger partial charge in [0.2, 0.25) is 0 Å². The van der Waals surface area contributed by atoms with E-state index < -0.39 is 7.12 Å². The van der Waals surface area contributed by atoms with Gasteiger partial charge in [-0.25, -0.2) is 0 Å². The van der Waals surface area contributed by atoms with Gasteiger partial charge in [-0.3, -0.25) is 0 Å². The van der Waals surface area contributed by atoms with E-state index in [4.69, 9.17) is 10.0 Å². The molecule has 5 heteroatoms. The van der Waals surface area contributed by atoms with Crippen molar-refractivity contribution in [3.63, 3.8) is 0 Å². The summed E-state index contributed by atoms with van der Waals surface area (Å²) in [5.74, 6) is 0. The summed E-state index contributed by atoms with van der Waals surface area (Å²) in [6.45, 7) is 0. The van der Waals surface area contributed by atoms with Gasteiger partial charge in [0.25, 0.3) is 0 Å². The molecule has 1 aromatic rings. The van der Waals surface area contributed by atoms with E-state index in [0.717, 1.165) is 5.69 Å². The van der Waals surface area contributed by atoms with Crippen LogP contribution in [-0.2, 0) is 0 Å². The summed E-state index contributed by atoms with van der Waals surface area (Å²) in [6.07, 6.45) is 1.93. The van der Waals surface area contributed by atoms with Gasteiger partial charge in [0.05, 0.1) is 0 Å². The van der Waals surface area contributed by atoms with E-state index in [1.54, 1.807) is 24.3 Å². The lowest BCUT2D eigenvalue weighted by Gasteiger charge is -2.03. The van der Waals surface area contributed by atoms with Crippen molar-refractivity contribution in [2.75, 3.05) is 11.0 Å². The second-order valence-electron chi connectivity index (χ2n) is 2.30. The highest BCUT2D eigenvalue weighted by atomic mass is 32.2. The summed E-state index contributed by atoms with van der Waals surface area (Å²) in [7, 11) is -1.38. The predicted octanol–water partition coefficient (Wildman–Crippen LogP) is 0.0563. The fourth-order valence-electron chi connectivity index (χ4n) is 0.841. The molecule has 0 unspecified atom stereocenters. The Morgan fingerprint density at radius 3 is 2.25 bits per heavy atom. The van der Waals surface area contributed by atoms with Crippen molar-refractivity contribution in [2.45, 2.75) is 0 Å². The zero-order valence-electron chi connectivity index (χ0n) is 6.69. The lowest BCUT2D eigenvalue weighted by molar-refractivity contribution is 0.426. The van der Waals surface area contributed by atoms with Crippen LogP contribution in [0.4, 0.5) is 5.69 Å². The molecule has 0 heterocycles. The maximum absolute atomic E-state index is 8.77. The van der Waals surface area contributed by atoms with E-state index in [2.05, 4.69) is 4.72 Å². The first-order valence-electron chi connectivity index (χ1n) is 3.49. The Kier molecular flexibility index (Phi) is 3.46. The van der Waals surface area contributed by atoms with Gasteiger partial charge >= 0.3 is 7.12 Å². The first-order valence-corrected chi connectivity index (χ1v) is 4.71. The smallest absolute Gasteiger partial charge is 0.423 e. The lowest BCUT2D eigenvalue weighted by atomic mass is 9.80. The number of hydrogen-bond donors (Lipinski definition) is 3. The van der Waals surface area contributed by atoms with Crippen LogP contribution < -0.4 is 10.2 Å². The molecule has 0 amide bonds. The quantitative estimate of drug-likeness (QED) is 0.458. The van der Waals surface area contributed by atoms with Gasteiger partial charge in [-0.05, 0) is 17.6 Å². The van der Waals surface area contributed by atoms with E-state index in [9.17, 15) is 0 Å². The Morgan fingerprint density at radius 2 is 1.83 bits per heavy atom. The number of rotatable bonds is 3. The molecular formula is C7H10BNO2S.